The van der Waals surface area contributed by atoms with Crippen molar-refractivity contribution in [3.63, 3.8) is 0 Å². The van der Waals surface area contributed by atoms with Crippen LogP contribution >= 0.6 is 22.9 Å². The predicted molar refractivity (Wildman–Crippen MR) is 106 cm³/mol. The van der Waals surface area contributed by atoms with Crippen LogP contribution < -0.4 is 10.1 Å². The highest BCUT2D eigenvalue weighted by Crippen LogP contribution is 2.30. The minimum atomic E-state index is -0.0746. The van der Waals surface area contributed by atoms with Crippen molar-refractivity contribution in [2.75, 3.05) is 13.2 Å². The fourth-order valence-corrected chi connectivity index (χ4v) is 3.58. The van der Waals surface area contributed by atoms with E-state index in [4.69, 9.17) is 16.3 Å². The van der Waals surface area contributed by atoms with Gasteiger partial charge in [0.05, 0.1) is 23.7 Å². The summed E-state index contributed by atoms with van der Waals surface area (Å²) in [4.78, 5) is 16.6. The van der Waals surface area contributed by atoms with E-state index in [1.807, 2.05) is 60.8 Å². The lowest BCUT2D eigenvalue weighted by molar-refractivity contribution is -0.120. The van der Waals surface area contributed by atoms with Gasteiger partial charge in [0.2, 0.25) is 5.91 Å². The number of nitrogens with one attached hydrogen (secondary N) is 1. The summed E-state index contributed by atoms with van der Waals surface area (Å²) in [5, 5.41) is 6.23. The second-order valence-electron chi connectivity index (χ2n) is 5.76. The van der Waals surface area contributed by atoms with Crippen molar-refractivity contribution in [1.82, 2.24) is 10.3 Å². The summed E-state index contributed by atoms with van der Waals surface area (Å²) in [5.74, 6) is 0.764. The van der Waals surface area contributed by atoms with Gasteiger partial charge in [0.15, 0.2) is 0 Å². The molecular weight excluding hydrogens is 368 g/mol. The number of hydrogen-bond donors (Lipinski definition) is 1. The Morgan fingerprint density at radius 3 is 2.77 bits per heavy atom. The lowest BCUT2D eigenvalue weighted by Gasteiger charge is -2.09. The largest absolute Gasteiger partial charge is 0.491 e. The van der Waals surface area contributed by atoms with E-state index < -0.39 is 0 Å². The predicted octanol–water partition coefficient (Wildman–Crippen LogP) is 4.51. The van der Waals surface area contributed by atoms with Crippen LogP contribution in [0.25, 0.3) is 10.6 Å². The van der Waals surface area contributed by atoms with Crippen LogP contribution in [0.3, 0.4) is 0 Å². The molecule has 4 nitrogen and oxygen atoms in total. The van der Waals surface area contributed by atoms with Crippen molar-refractivity contribution in [2.24, 2.45) is 0 Å². The number of hydrogen-bond acceptors (Lipinski definition) is 4. The molecule has 3 aromatic rings. The van der Waals surface area contributed by atoms with E-state index >= 15 is 0 Å². The zero-order valence-corrected chi connectivity index (χ0v) is 15.9. The molecule has 26 heavy (non-hydrogen) atoms. The maximum absolute atomic E-state index is 12.1. The van der Waals surface area contributed by atoms with Crippen molar-refractivity contribution >= 4 is 28.8 Å². The van der Waals surface area contributed by atoms with Gasteiger partial charge in [-0.1, -0.05) is 48.0 Å². The first-order chi connectivity index (χ1) is 12.6. The van der Waals surface area contributed by atoms with E-state index in [1.165, 1.54) is 11.3 Å². The first-order valence-electron chi connectivity index (χ1n) is 8.28. The highest BCUT2D eigenvalue weighted by molar-refractivity contribution is 7.13. The second kappa shape index (κ2) is 8.83. The van der Waals surface area contributed by atoms with Crippen LogP contribution in [-0.4, -0.2) is 24.0 Å². The van der Waals surface area contributed by atoms with Crippen molar-refractivity contribution in [3.05, 3.63) is 70.2 Å². The van der Waals surface area contributed by atoms with E-state index in [0.29, 0.717) is 18.2 Å². The summed E-state index contributed by atoms with van der Waals surface area (Å²) in [6, 6.07) is 15.4. The van der Waals surface area contributed by atoms with Crippen LogP contribution in [0.1, 0.15) is 11.3 Å². The molecule has 0 aliphatic heterocycles. The van der Waals surface area contributed by atoms with Crippen molar-refractivity contribution in [1.29, 1.82) is 0 Å². The van der Waals surface area contributed by atoms with Crippen LogP contribution in [0.2, 0.25) is 5.02 Å². The maximum atomic E-state index is 12.1. The molecule has 134 valence electrons. The summed E-state index contributed by atoms with van der Waals surface area (Å²) in [7, 11) is 0. The molecule has 0 radical (unpaired) electrons. The fourth-order valence-electron chi connectivity index (χ4n) is 2.44. The summed E-state index contributed by atoms with van der Waals surface area (Å²) < 4.78 is 5.67. The number of aromatic nitrogens is 1. The van der Waals surface area contributed by atoms with E-state index in [2.05, 4.69) is 10.3 Å². The summed E-state index contributed by atoms with van der Waals surface area (Å²) in [5.41, 5.74) is 2.70. The number of para-hydroxylation sites is 1. The molecule has 0 saturated carbocycles. The molecule has 1 amide bonds. The van der Waals surface area contributed by atoms with Gasteiger partial charge in [-0.3, -0.25) is 4.79 Å². The van der Waals surface area contributed by atoms with Gasteiger partial charge in [-0.05, 0) is 24.6 Å². The number of carbonyl (C=O) groups excluding carboxylic acids is 1. The quantitative estimate of drug-likeness (QED) is 0.608. The van der Waals surface area contributed by atoms with Crippen LogP contribution in [-0.2, 0) is 11.2 Å². The first-order valence-corrected chi connectivity index (χ1v) is 9.53. The van der Waals surface area contributed by atoms with Gasteiger partial charge < -0.3 is 10.1 Å². The minimum absolute atomic E-state index is 0.0746. The number of halogens is 1. The van der Waals surface area contributed by atoms with Gasteiger partial charge in [0, 0.05) is 10.9 Å². The first kappa shape index (κ1) is 18.4. The number of ether oxygens (including phenoxy) is 1. The van der Waals surface area contributed by atoms with Gasteiger partial charge in [0.25, 0.3) is 0 Å². The Hall–Kier alpha value is -2.37. The second-order valence-corrected chi connectivity index (χ2v) is 7.03. The highest BCUT2D eigenvalue weighted by Gasteiger charge is 2.11. The topological polar surface area (TPSA) is 51.2 Å². The molecule has 2 aromatic carbocycles. The van der Waals surface area contributed by atoms with E-state index in [-0.39, 0.29) is 12.3 Å². The summed E-state index contributed by atoms with van der Waals surface area (Å²) in [6.07, 6.45) is 0.241. The van der Waals surface area contributed by atoms with Crippen LogP contribution in [0.4, 0.5) is 0 Å². The zero-order valence-electron chi connectivity index (χ0n) is 14.4. The smallest absolute Gasteiger partial charge is 0.226 e. The summed E-state index contributed by atoms with van der Waals surface area (Å²) in [6.45, 7) is 2.87. The van der Waals surface area contributed by atoms with Crippen LogP contribution in [0.5, 0.6) is 5.75 Å². The molecule has 0 spiro atoms. The Bertz CT molecular complexity index is 895. The number of rotatable bonds is 7. The Labute approximate surface area is 161 Å². The van der Waals surface area contributed by atoms with Gasteiger partial charge in [-0.25, -0.2) is 4.98 Å². The lowest BCUT2D eigenvalue weighted by Crippen LogP contribution is -2.29. The highest BCUT2D eigenvalue weighted by atomic mass is 35.5. The Kier molecular flexibility index (Phi) is 6.26. The number of aryl methyl sites for hydroxylation is 1. The molecule has 0 fully saturated rings. The monoisotopic (exact) mass is 386 g/mol. The number of amides is 1. The molecule has 0 saturated heterocycles. The number of benzene rings is 2. The fraction of sp³-hybridized carbons (Fsp3) is 0.200. The zero-order chi connectivity index (χ0) is 18.4. The average molecular weight is 387 g/mol. The number of nitrogens with zero attached hydrogens (tertiary/aromatic N) is 1. The van der Waals surface area contributed by atoms with E-state index in [1.54, 1.807) is 0 Å². The third-order valence-electron chi connectivity index (χ3n) is 3.77. The normalized spacial score (nSPS) is 10.5. The minimum Gasteiger partial charge on any atom is -0.491 e. The molecule has 0 aliphatic rings. The molecule has 0 aliphatic carbocycles. The Morgan fingerprint density at radius 1 is 1.19 bits per heavy atom. The molecule has 0 atom stereocenters. The molecular formula is C20H19ClN2O2S. The third kappa shape index (κ3) is 4.84. The molecule has 1 heterocycles. The van der Waals surface area contributed by atoms with Gasteiger partial charge in [0.1, 0.15) is 17.4 Å². The van der Waals surface area contributed by atoms with Gasteiger partial charge in [-0.2, -0.15) is 0 Å². The standard InChI is InChI=1S/C20H19ClN2O2S/c1-14-6-2-5-9-18(14)25-11-10-22-19(24)12-15-13-26-20(23-15)16-7-3-4-8-17(16)21/h2-9,13H,10-12H2,1H3,(H,22,24). The van der Waals surface area contributed by atoms with E-state index in [9.17, 15) is 4.79 Å². The SMILES string of the molecule is Cc1ccccc1OCCNC(=O)Cc1csc(-c2ccccc2Cl)n1. The lowest BCUT2D eigenvalue weighted by atomic mass is 10.2. The van der Waals surface area contributed by atoms with Crippen molar-refractivity contribution in [3.8, 4) is 16.3 Å². The molecule has 6 heteroatoms. The molecule has 1 aromatic heterocycles. The Morgan fingerprint density at radius 2 is 1.96 bits per heavy atom. The maximum Gasteiger partial charge on any atom is 0.226 e. The van der Waals surface area contributed by atoms with Crippen molar-refractivity contribution < 1.29 is 9.53 Å². The summed E-state index contributed by atoms with van der Waals surface area (Å²) >= 11 is 7.68. The number of carbonyl (C=O) groups is 1. The molecule has 3 rings (SSSR count). The third-order valence-corrected chi connectivity index (χ3v) is 5.03. The average Bonchev–Trinajstić information content (AvgIpc) is 3.08. The number of thiazole rings is 1. The van der Waals surface area contributed by atoms with Crippen LogP contribution in [0, 0.1) is 6.92 Å². The molecule has 1 N–H and O–H groups in total. The van der Waals surface area contributed by atoms with Crippen molar-refractivity contribution in [2.45, 2.75) is 13.3 Å². The molecule has 0 bridgehead atoms. The molecule has 0 unspecified atom stereocenters. The van der Waals surface area contributed by atoms with E-state index in [0.717, 1.165) is 27.6 Å². The van der Waals surface area contributed by atoms with Crippen LogP contribution in [0.15, 0.2) is 53.9 Å². The Balaban J connectivity index is 1.47. The van der Waals surface area contributed by atoms with Gasteiger partial charge in [-0.15, -0.1) is 11.3 Å². The van der Waals surface area contributed by atoms with Gasteiger partial charge >= 0.3 is 0 Å².